The second-order valence-electron chi connectivity index (χ2n) is 3.21. The maximum absolute atomic E-state index is 11.2. The lowest BCUT2D eigenvalue weighted by Gasteiger charge is -2.27. The van der Waals surface area contributed by atoms with Gasteiger partial charge in [-0.05, 0) is 12.8 Å². The summed E-state index contributed by atoms with van der Waals surface area (Å²) in [6.07, 6.45) is 2.88. The molecule has 0 aliphatic carbocycles. The summed E-state index contributed by atoms with van der Waals surface area (Å²) in [5.41, 5.74) is 0. The molecule has 60 valence electrons. The molecular weight excluding hydrogens is 142 g/mol. The second kappa shape index (κ2) is 2.32. The van der Waals surface area contributed by atoms with Gasteiger partial charge in [0.2, 0.25) is 5.91 Å². The first-order valence-electron chi connectivity index (χ1n) is 4.11. The fraction of sp³-hybridized carbons (Fsp3) is 0.750. The van der Waals surface area contributed by atoms with Crippen LogP contribution in [-0.4, -0.2) is 29.2 Å². The van der Waals surface area contributed by atoms with Crippen molar-refractivity contribution in [2.24, 2.45) is 0 Å². The molecular formula is C8H11NO2. The molecule has 1 amide bonds. The van der Waals surface area contributed by atoms with Gasteiger partial charge in [-0.3, -0.25) is 9.59 Å². The second-order valence-corrected chi connectivity index (χ2v) is 3.21. The molecule has 0 aromatic heterocycles. The number of hydrogen-bond acceptors (Lipinski definition) is 2. The quantitative estimate of drug-likeness (QED) is 0.503. The summed E-state index contributed by atoms with van der Waals surface area (Å²) < 4.78 is 0. The first-order chi connectivity index (χ1) is 5.29. The Kier molecular flexibility index (Phi) is 1.44. The van der Waals surface area contributed by atoms with E-state index in [9.17, 15) is 9.59 Å². The third-order valence-corrected chi connectivity index (χ3v) is 2.52. The molecule has 0 saturated carbocycles. The molecule has 11 heavy (non-hydrogen) atoms. The standard InChI is InChI=1S/C8H11NO2/c10-7-2-1-5-9-6(7)3-4-8(9)11/h6H,1-5H2. The first kappa shape index (κ1) is 6.83. The zero-order valence-electron chi connectivity index (χ0n) is 6.38. The van der Waals surface area contributed by atoms with Crippen LogP contribution in [0.3, 0.4) is 0 Å². The van der Waals surface area contributed by atoms with Gasteiger partial charge in [0.1, 0.15) is 0 Å². The molecule has 3 heteroatoms. The highest BCUT2D eigenvalue weighted by Gasteiger charge is 2.37. The van der Waals surface area contributed by atoms with Crippen molar-refractivity contribution in [1.82, 2.24) is 4.90 Å². The number of nitrogens with zero attached hydrogens (tertiary/aromatic N) is 1. The topological polar surface area (TPSA) is 37.4 Å². The number of fused-ring (bicyclic) bond motifs is 1. The molecule has 2 aliphatic heterocycles. The van der Waals surface area contributed by atoms with Gasteiger partial charge < -0.3 is 4.90 Å². The fourth-order valence-electron chi connectivity index (χ4n) is 1.94. The molecule has 0 aromatic rings. The normalized spacial score (nSPS) is 30.9. The number of piperidine rings is 1. The molecule has 0 N–H and O–H groups in total. The minimum absolute atomic E-state index is 0.0451. The zero-order valence-corrected chi connectivity index (χ0v) is 6.38. The third kappa shape index (κ3) is 0.951. The van der Waals surface area contributed by atoms with E-state index in [1.807, 2.05) is 0 Å². The summed E-state index contributed by atoms with van der Waals surface area (Å²) in [5.74, 6) is 0.435. The Labute approximate surface area is 65.4 Å². The van der Waals surface area contributed by atoms with Gasteiger partial charge in [0.05, 0.1) is 6.04 Å². The van der Waals surface area contributed by atoms with E-state index in [-0.39, 0.29) is 17.7 Å². The molecule has 1 atom stereocenters. The SMILES string of the molecule is O=C1CCCN2C(=O)CCC12. The van der Waals surface area contributed by atoms with Gasteiger partial charge in [0, 0.05) is 19.4 Å². The highest BCUT2D eigenvalue weighted by Crippen LogP contribution is 2.24. The van der Waals surface area contributed by atoms with Crippen molar-refractivity contribution in [3.63, 3.8) is 0 Å². The van der Waals surface area contributed by atoms with Crippen molar-refractivity contribution in [2.75, 3.05) is 6.54 Å². The Morgan fingerprint density at radius 3 is 2.82 bits per heavy atom. The number of Topliss-reactive ketones (excluding diaryl/α,β-unsaturated/α-hetero) is 1. The van der Waals surface area contributed by atoms with Crippen LogP contribution in [0.4, 0.5) is 0 Å². The Morgan fingerprint density at radius 1 is 1.27 bits per heavy atom. The van der Waals surface area contributed by atoms with E-state index in [4.69, 9.17) is 0 Å². The Morgan fingerprint density at radius 2 is 2.09 bits per heavy atom. The predicted octanol–water partition coefficient (Wildman–Crippen LogP) is 0.340. The fourth-order valence-corrected chi connectivity index (χ4v) is 1.94. The van der Waals surface area contributed by atoms with E-state index in [1.54, 1.807) is 4.90 Å². The largest absolute Gasteiger partial charge is 0.333 e. The summed E-state index contributed by atoms with van der Waals surface area (Å²) in [6, 6.07) is -0.0451. The van der Waals surface area contributed by atoms with Crippen molar-refractivity contribution in [2.45, 2.75) is 31.7 Å². The van der Waals surface area contributed by atoms with Crippen LogP contribution in [0.15, 0.2) is 0 Å². The minimum atomic E-state index is -0.0451. The van der Waals surface area contributed by atoms with Gasteiger partial charge in [-0.1, -0.05) is 0 Å². The summed E-state index contributed by atoms with van der Waals surface area (Å²) in [7, 11) is 0. The van der Waals surface area contributed by atoms with Crippen molar-refractivity contribution in [1.29, 1.82) is 0 Å². The predicted molar refractivity (Wildman–Crippen MR) is 39.0 cm³/mol. The molecule has 0 spiro atoms. The number of ketones is 1. The van der Waals surface area contributed by atoms with Gasteiger partial charge in [-0.25, -0.2) is 0 Å². The number of hydrogen-bond donors (Lipinski definition) is 0. The van der Waals surface area contributed by atoms with Crippen LogP contribution in [0.25, 0.3) is 0 Å². The Bertz CT molecular complexity index is 212. The molecule has 0 aromatic carbocycles. The highest BCUT2D eigenvalue weighted by molar-refractivity contribution is 5.93. The van der Waals surface area contributed by atoms with Gasteiger partial charge in [-0.2, -0.15) is 0 Å². The van der Waals surface area contributed by atoms with Crippen LogP contribution in [-0.2, 0) is 9.59 Å². The maximum atomic E-state index is 11.2. The maximum Gasteiger partial charge on any atom is 0.223 e. The van der Waals surface area contributed by atoms with Gasteiger partial charge in [0.25, 0.3) is 0 Å². The molecule has 2 saturated heterocycles. The van der Waals surface area contributed by atoms with Crippen molar-refractivity contribution in [3.05, 3.63) is 0 Å². The van der Waals surface area contributed by atoms with Gasteiger partial charge in [0.15, 0.2) is 5.78 Å². The Hall–Kier alpha value is -0.860. The lowest BCUT2D eigenvalue weighted by atomic mass is 10.0. The molecule has 3 nitrogen and oxygen atoms in total. The van der Waals surface area contributed by atoms with Crippen molar-refractivity contribution < 1.29 is 9.59 Å². The summed E-state index contributed by atoms with van der Waals surface area (Å²) >= 11 is 0. The van der Waals surface area contributed by atoms with Crippen LogP contribution in [0, 0.1) is 0 Å². The molecule has 2 aliphatic rings. The number of carbonyl (C=O) groups is 2. The van der Waals surface area contributed by atoms with Crippen molar-refractivity contribution in [3.8, 4) is 0 Å². The van der Waals surface area contributed by atoms with E-state index in [0.717, 1.165) is 19.4 Å². The third-order valence-electron chi connectivity index (χ3n) is 2.52. The highest BCUT2D eigenvalue weighted by atomic mass is 16.2. The lowest BCUT2D eigenvalue weighted by Crippen LogP contribution is -2.43. The van der Waals surface area contributed by atoms with Crippen LogP contribution < -0.4 is 0 Å². The van der Waals surface area contributed by atoms with E-state index < -0.39 is 0 Å². The van der Waals surface area contributed by atoms with Crippen LogP contribution in [0.2, 0.25) is 0 Å². The van der Waals surface area contributed by atoms with Gasteiger partial charge >= 0.3 is 0 Å². The minimum Gasteiger partial charge on any atom is -0.333 e. The average molecular weight is 153 g/mol. The average Bonchev–Trinajstić information content (AvgIpc) is 2.35. The zero-order chi connectivity index (χ0) is 7.84. The Balaban J connectivity index is 2.19. The van der Waals surface area contributed by atoms with Gasteiger partial charge in [-0.15, -0.1) is 0 Å². The molecule has 0 bridgehead atoms. The summed E-state index contributed by atoms with van der Waals surface area (Å²) in [5, 5.41) is 0. The molecule has 2 rings (SSSR count). The van der Waals surface area contributed by atoms with E-state index in [2.05, 4.69) is 0 Å². The number of rotatable bonds is 0. The smallest absolute Gasteiger partial charge is 0.223 e. The monoisotopic (exact) mass is 153 g/mol. The molecule has 2 heterocycles. The van der Waals surface area contributed by atoms with E-state index >= 15 is 0 Å². The first-order valence-corrected chi connectivity index (χ1v) is 4.11. The summed E-state index contributed by atoms with van der Waals surface area (Å²) in [4.78, 5) is 24.1. The van der Waals surface area contributed by atoms with E-state index in [1.165, 1.54) is 0 Å². The molecule has 2 fully saturated rings. The number of amides is 1. The number of carbonyl (C=O) groups excluding carboxylic acids is 2. The van der Waals surface area contributed by atoms with Crippen LogP contribution >= 0.6 is 0 Å². The van der Waals surface area contributed by atoms with E-state index in [0.29, 0.717) is 12.8 Å². The molecule has 0 radical (unpaired) electrons. The van der Waals surface area contributed by atoms with Crippen LogP contribution in [0.1, 0.15) is 25.7 Å². The molecule has 1 unspecified atom stereocenters. The lowest BCUT2D eigenvalue weighted by molar-refractivity contribution is -0.136. The summed E-state index contributed by atoms with van der Waals surface area (Å²) in [6.45, 7) is 0.801. The van der Waals surface area contributed by atoms with Crippen LogP contribution in [0.5, 0.6) is 0 Å². The van der Waals surface area contributed by atoms with Crippen molar-refractivity contribution >= 4 is 11.7 Å².